The minimum atomic E-state index is -3.59. The second-order valence-electron chi connectivity index (χ2n) is 4.44. The maximum atomic E-state index is 12.1. The second-order valence-corrected chi connectivity index (χ2v) is 6.16. The number of sulfonamides is 1. The summed E-state index contributed by atoms with van der Waals surface area (Å²) in [5, 5.41) is 8.69. The Balaban J connectivity index is 2.08. The summed E-state index contributed by atoms with van der Waals surface area (Å²) in [7, 11) is -3.59. The Labute approximate surface area is 117 Å². The summed E-state index contributed by atoms with van der Waals surface area (Å²) in [4.78, 5) is 0.141. The van der Waals surface area contributed by atoms with Gasteiger partial charge in [0.15, 0.2) is 0 Å². The number of nitrogens with one attached hydrogen (secondary N) is 1. The van der Waals surface area contributed by atoms with Crippen LogP contribution < -0.4 is 4.72 Å². The molecule has 0 saturated heterocycles. The van der Waals surface area contributed by atoms with Gasteiger partial charge in [-0.15, -0.1) is 0 Å². The van der Waals surface area contributed by atoms with Crippen LogP contribution in [0.3, 0.4) is 0 Å². The Hall–Kier alpha value is -2.10. The molecule has 5 nitrogen and oxygen atoms in total. The lowest BCUT2D eigenvalue weighted by Crippen LogP contribution is -2.34. The van der Waals surface area contributed by atoms with Gasteiger partial charge in [0.1, 0.15) is 5.76 Å². The minimum absolute atomic E-state index is 0.141. The van der Waals surface area contributed by atoms with E-state index in [1.165, 1.54) is 24.3 Å². The lowest BCUT2D eigenvalue weighted by atomic mass is 10.2. The van der Waals surface area contributed by atoms with Crippen molar-refractivity contribution in [3.8, 4) is 6.07 Å². The Kier molecular flexibility index (Phi) is 4.23. The summed E-state index contributed by atoms with van der Waals surface area (Å²) in [6.07, 6.45) is 2.03. The molecule has 0 radical (unpaired) electrons. The van der Waals surface area contributed by atoms with E-state index in [9.17, 15) is 8.42 Å². The lowest BCUT2D eigenvalue weighted by molar-refractivity contribution is 0.479. The van der Waals surface area contributed by atoms with Gasteiger partial charge in [0.2, 0.25) is 10.0 Å². The molecule has 0 fully saturated rings. The molecule has 0 saturated carbocycles. The number of rotatable bonds is 5. The minimum Gasteiger partial charge on any atom is -0.469 e. The first-order valence-corrected chi connectivity index (χ1v) is 7.54. The molecule has 104 valence electrons. The largest absolute Gasteiger partial charge is 0.469 e. The molecule has 0 aliphatic heterocycles. The quantitative estimate of drug-likeness (QED) is 0.913. The van der Waals surface area contributed by atoms with E-state index in [-0.39, 0.29) is 10.9 Å². The normalized spacial score (nSPS) is 12.8. The van der Waals surface area contributed by atoms with Crippen LogP contribution in [0.15, 0.2) is 52.0 Å². The van der Waals surface area contributed by atoms with Crippen LogP contribution in [0, 0.1) is 11.3 Å². The van der Waals surface area contributed by atoms with Crippen LogP contribution in [-0.4, -0.2) is 14.5 Å². The standard InChI is InChI=1S/C14H14N2O3S/c1-11(9-13-3-2-8-19-13)16-20(17,18)14-6-4-12(10-15)5-7-14/h2-8,11,16H,9H2,1H3/t11-/m1/s1. The highest BCUT2D eigenvalue weighted by Gasteiger charge is 2.18. The zero-order valence-corrected chi connectivity index (χ0v) is 11.7. The van der Waals surface area contributed by atoms with Gasteiger partial charge in [-0.3, -0.25) is 0 Å². The van der Waals surface area contributed by atoms with E-state index in [1.54, 1.807) is 25.3 Å². The maximum absolute atomic E-state index is 12.1. The van der Waals surface area contributed by atoms with E-state index >= 15 is 0 Å². The first kappa shape index (κ1) is 14.3. The molecular weight excluding hydrogens is 276 g/mol. The van der Waals surface area contributed by atoms with Crippen molar-refractivity contribution in [3.05, 3.63) is 54.0 Å². The van der Waals surface area contributed by atoms with Crippen LogP contribution >= 0.6 is 0 Å². The van der Waals surface area contributed by atoms with Gasteiger partial charge in [0.05, 0.1) is 22.8 Å². The fraction of sp³-hybridized carbons (Fsp3) is 0.214. The van der Waals surface area contributed by atoms with Crippen LogP contribution in [0.1, 0.15) is 18.2 Å². The van der Waals surface area contributed by atoms with Crippen molar-refractivity contribution >= 4 is 10.0 Å². The average molecular weight is 290 g/mol. The molecule has 1 atom stereocenters. The average Bonchev–Trinajstić information content (AvgIpc) is 2.91. The fourth-order valence-corrected chi connectivity index (χ4v) is 3.06. The van der Waals surface area contributed by atoms with Crippen molar-refractivity contribution in [3.63, 3.8) is 0 Å². The van der Waals surface area contributed by atoms with E-state index in [0.717, 1.165) is 5.76 Å². The van der Waals surface area contributed by atoms with Gasteiger partial charge < -0.3 is 4.42 Å². The van der Waals surface area contributed by atoms with Crippen molar-refractivity contribution in [1.29, 1.82) is 5.26 Å². The zero-order chi connectivity index (χ0) is 14.6. The third-order valence-electron chi connectivity index (χ3n) is 2.74. The molecule has 20 heavy (non-hydrogen) atoms. The number of hydrogen-bond acceptors (Lipinski definition) is 4. The molecule has 2 rings (SSSR count). The first-order chi connectivity index (χ1) is 9.51. The Morgan fingerprint density at radius 3 is 2.55 bits per heavy atom. The highest BCUT2D eigenvalue weighted by Crippen LogP contribution is 2.12. The Morgan fingerprint density at radius 1 is 1.30 bits per heavy atom. The molecule has 1 N–H and O–H groups in total. The summed E-state index contributed by atoms with van der Waals surface area (Å²) in [6.45, 7) is 1.77. The van der Waals surface area contributed by atoms with Crippen LogP contribution in [-0.2, 0) is 16.4 Å². The van der Waals surface area contributed by atoms with Gasteiger partial charge >= 0.3 is 0 Å². The fourth-order valence-electron chi connectivity index (χ4n) is 1.81. The van der Waals surface area contributed by atoms with Crippen molar-refractivity contribution in [1.82, 2.24) is 4.72 Å². The number of furan rings is 1. The molecule has 0 aliphatic rings. The maximum Gasteiger partial charge on any atom is 0.240 e. The van der Waals surface area contributed by atoms with E-state index in [4.69, 9.17) is 9.68 Å². The number of nitrogens with zero attached hydrogens (tertiary/aromatic N) is 1. The molecule has 1 aromatic carbocycles. The van der Waals surface area contributed by atoms with Crippen LogP contribution in [0.4, 0.5) is 0 Å². The third kappa shape index (κ3) is 3.47. The third-order valence-corrected chi connectivity index (χ3v) is 4.34. The summed E-state index contributed by atoms with van der Waals surface area (Å²) in [5.41, 5.74) is 0.424. The molecule has 2 aromatic rings. The van der Waals surface area contributed by atoms with Gasteiger partial charge in [0.25, 0.3) is 0 Å². The SMILES string of the molecule is C[C@H](Cc1ccco1)NS(=O)(=O)c1ccc(C#N)cc1. The van der Waals surface area contributed by atoms with Crippen LogP contribution in [0.5, 0.6) is 0 Å². The molecule has 0 unspecified atom stereocenters. The smallest absolute Gasteiger partial charge is 0.240 e. The van der Waals surface area contributed by atoms with E-state index in [0.29, 0.717) is 12.0 Å². The highest BCUT2D eigenvalue weighted by atomic mass is 32.2. The predicted octanol–water partition coefficient (Wildman–Crippen LogP) is 2.06. The molecule has 0 amide bonds. The van der Waals surface area contributed by atoms with Crippen molar-refractivity contribution in [2.45, 2.75) is 24.3 Å². The number of benzene rings is 1. The van der Waals surface area contributed by atoms with Gasteiger partial charge in [0, 0.05) is 12.5 Å². The van der Waals surface area contributed by atoms with Gasteiger partial charge in [-0.2, -0.15) is 5.26 Å². The topological polar surface area (TPSA) is 83.1 Å². The van der Waals surface area contributed by atoms with E-state index in [1.807, 2.05) is 6.07 Å². The molecular formula is C14H14N2O3S. The van der Waals surface area contributed by atoms with Crippen molar-refractivity contribution in [2.24, 2.45) is 0 Å². The summed E-state index contributed by atoms with van der Waals surface area (Å²) < 4.78 is 32.1. The number of hydrogen-bond donors (Lipinski definition) is 1. The molecule has 1 aromatic heterocycles. The van der Waals surface area contributed by atoms with E-state index in [2.05, 4.69) is 4.72 Å². The van der Waals surface area contributed by atoms with Crippen LogP contribution in [0.2, 0.25) is 0 Å². The highest BCUT2D eigenvalue weighted by molar-refractivity contribution is 7.89. The van der Waals surface area contributed by atoms with Gasteiger partial charge in [-0.1, -0.05) is 0 Å². The van der Waals surface area contributed by atoms with Crippen molar-refractivity contribution < 1.29 is 12.8 Å². The van der Waals surface area contributed by atoms with Crippen molar-refractivity contribution in [2.75, 3.05) is 0 Å². The molecule has 0 aliphatic carbocycles. The molecule has 0 bridgehead atoms. The Bertz CT molecular complexity index is 698. The summed E-state index contributed by atoms with van der Waals surface area (Å²) in [6, 6.07) is 11.0. The second kappa shape index (κ2) is 5.90. The molecule has 6 heteroatoms. The Morgan fingerprint density at radius 2 is 2.00 bits per heavy atom. The monoisotopic (exact) mass is 290 g/mol. The molecule has 1 heterocycles. The lowest BCUT2D eigenvalue weighted by Gasteiger charge is -2.13. The predicted molar refractivity (Wildman–Crippen MR) is 73.4 cm³/mol. The summed E-state index contributed by atoms with van der Waals surface area (Å²) in [5.74, 6) is 0.722. The zero-order valence-electron chi connectivity index (χ0n) is 10.9. The van der Waals surface area contributed by atoms with Gasteiger partial charge in [-0.05, 0) is 43.3 Å². The van der Waals surface area contributed by atoms with Gasteiger partial charge in [-0.25, -0.2) is 13.1 Å². The molecule has 0 spiro atoms. The summed E-state index contributed by atoms with van der Waals surface area (Å²) >= 11 is 0. The van der Waals surface area contributed by atoms with Crippen LogP contribution in [0.25, 0.3) is 0 Å². The van der Waals surface area contributed by atoms with E-state index < -0.39 is 10.0 Å². The number of nitriles is 1. The first-order valence-electron chi connectivity index (χ1n) is 6.06.